The van der Waals surface area contributed by atoms with E-state index < -0.39 is 9.84 Å². The Morgan fingerprint density at radius 2 is 2.00 bits per heavy atom. The topological polar surface area (TPSA) is 84.3 Å². The van der Waals surface area contributed by atoms with Gasteiger partial charge < -0.3 is 9.88 Å². The lowest BCUT2D eigenvalue weighted by Gasteiger charge is -2.34. The number of hydrogen-bond acceptors (Lipinski definition) is 5. The number of carbonyl (C=O) groups is 1. The van der Waals surface area contributed by atoms with Crippen LogP contribution in [0.4, 0.5) is 0 Å². The standard InChI is InChI=1S/C20H28N4O3S/c1-3-18-19(25)21-11-13-23(18)15-17-14-22-20(28(2,26)27)24(17)12-7-10-16-8-5-4-6-9-16/h4-6,8-9,14,18H,3,7,10-13,15H2,1-2H3,(H,21,25). The van der Waals surface area contributed by atoms with E-state index in [-0.39, 0.29) is 17.1 Å². The highest BCUT2D eigenvalue weighted by molar-refractivity contribution is 7.90. The third kappa shape index (κ3) is 4.80. The van der Waals surface area contributed by atoms with Gasteiger partial charge in [0.25, 0.3) is 0 Å². The molecule has 0 spiro atoms. The number of aryl methyl sites for hydroxylation is 1. The quantitative estimate of drug-likeness (QED) is 0.723. The third-order valence-corrected chi connectivity index (χ3v) is 6.11. The summed E-state index contributed by atoms with van der Waals surface area (Å²) in [5, 5.41) is 3.00. The van der Waals surface area contributed by atoms with E-state index in [4.69, 9.17) is 0 Å². The maximum Gasteiger partial charge on any atom is 0.237 e. The number of carbonyl (C=O) groups excluding carboxylic acids is 1. The van der Waals surface area contributed by atoms with E-state index in [1.54, 1.807) is 10.8 Å². The zero-order valence-corrected chi connectivity index (χ0v) is 17.3. The van der Waals surface area contributed by atoms with Crippen LogP contribution in [0.25, 0.3) is 0 Å². The maximum absolute atomic E-state index is 12.2. The highest BCUT2D eigenvalue weighted by atomic mass is 32.2. The molecule has 8 heteroatoms. The van der Waals surface area contributed by atoms with Gasteiger partial charge in [0.05, 0.1) is 17.9 Å². The highest BCUT2D eigenvalue weighted by Gasteiger charge is 2.29. The lowest BCUT2D eigenvalue weighted by atomic mass is 10.1. The average molecular weight is 405 g/mol. The maximum atomic E-state index is 12.2. The van der Waals surface area contributed by atoms with Crippen LogP contribution in [0.5, 0.6) is 0 Å². The average Bonchev–Trinajstić information content (AvgIpc) is 3.06. The van der Waals surface area contributed by atoms with Gasteiger partial charge in [0.1, 0.15) is 0 Å². The summed E-state index contributed by atoms with van der Waals surface area (Å²) in [5.74, 6) is 0.0345. The van der Waals surface area contributed by atoms with Crippen LogP contribution in [-0.4, -0.2) is 54.2 Å². The number of nitrogens with one attached hydrogen (secondary N) is 1. The normalized spacial score (nSPS) is 18.2. The fourth-order valence-corrected chi connectivity index (χ4v) is 4.60. The van der Waals surface area contributed by atoms with Crippen LogP contribution in [0.2, 0.25) is 0 Å². The number of amides is 1. The number of nitrogens with zero attached hydrogens (tertiary/aromatic N) is 3. The highest BCUT2D eigenvalue weighted by Crippen LogP contribution is 2.18. The number of benzene rings is 1. The number of hydrogen-bond donors (Lipinski definition) is 1. The molecule has 1 atom stereocenters. The first kappa shape index (κ1) is 20.5. The van der Waals surface area contributed by atoms with Crippen LogP contribution in [0.3, 0.4) is 0 Å². The van der Waals surface area contributed by atoms with E-state index in [0.717, 1.165) is 25.1 Å². The molecule has 1 N–H and O–H groups in total. The van der Waals surface area contributed by atoms with Crippen molar-refractivity contribution in [2.45, 2.75) is 50.5 Å². The van der Waals surface area contributed by atoms with Crippen molar-refractivity contribution in [3.8, 4) is 0 Å². The van der Waals surface area contributed by atoms with Gasteiger partial charge in [-0.05, 0) is 24.8 Å². The fourth-order valence-electron chi connectivity index (χ4n) is 3.74. The van der Waals surface area contributed by atoms with Crippen molar-refractivity contribution >= 4 is 15.7 Å². The lowest BCUT2D eigenvalue weighted by molar-refractivity contribution is -0.129. The van der Waals surface area contributed by atoms with E-state index in [0.29, 0.717) is 26.1 Å². The van der Waals surface area contributed by atoms with Gasteiger partial charge in [-0.1, -0.05) is 37.3 Å². The number of rotatable bonds is 8. The van der Waals surface area contributed by atoms with Crippen molar-refractivity contribution in [3.63, 3.8) is 0 Å². The van der Waals surface area contributed by atoms with E-state index in [9.17, 15) is 13.2 Å². The molecule has 1 unspecified atom stereocenters. The van der Waals surface area contributed by atoms with E-state index in [1.807, 2.05) is 25.1 Å². The van der Waals surface area contributed by atoms with Crippen molar-refractivity contribution in [1.29, 1.82) is 0 Å². The predicted molar refractivity (Wildman–Crippen MR) is 108 cm³/mol. The molecule has 2 aromatic rings. The van der Waals surface area contributed by atoms with E-state index in [2.05, 4.69) is 27.3 Å². The molecule has 1 amide bonds. The molecular formula is C20H28N4O3S. The zero-order chi connectivity index (χ0) is 20.1. The molecule has 0 radical (unpaired) electrons. The third-order valence-electron chi connectivity index (χ3n) is 5.12. The number of imidazole rings is 1. The van der Waals surface area contributed by atoms with Gasteiger partial charge in [-0.3, -0.25) is 9.69 Å². The largest absolute Gasteiger partial charge is 0.353 e. The van der Waals surface area contributed by atoms with Crippen LogP contribution < -0.4 is 5.32 Å². The smallest absolute Gasteiger partial charge is 0.237 e. The Hall–Kier alpha value is -2.19. The monoisotopic (exact) mass is 404 g/mol. The Bertz CT molecular complexity index is 909. The molecule has 0 aliphatic carbocycles. The van der Waals surface area contributed by atoms with Gasteiger partial charge in [-0.25, -0.2) is 13.4 Å². The molecule has 1 aromatic heterocycles. The van der Waals surface area contributed by atoms with Gasteiger partial charge in [0.2, 0.25) is 20.9 Å². The summed E-state index contributed by atoms with van der Waals surface area (Å²) < 4.78 is 26.2. The van der Waals surface area contributed by atoms with Gasteiger partial charge in [0, 0.05) is 32.4 Å². The van der Waals surface area contributed by atoms with Crippen LogP contribution in [0.15, 0.2) is 41.7 Å². The molecule has 2 heterocycles. The summed E-state index contributed by atoms with van der Waals surface area (Å²) >= 11 is 0. The molecule has 1 aromatic carbocycles. The van der Waals surface area contributed by atoms with Crippen molar-refractivity contribution in [1.82, 2.24) is 19.8 Å². The van der Waals surface area contributed by atoms with Gasteiger partial charge in [0.15, 0.2) is 0 Å². The second-order valence-corrected chi connectivity index (χ2v) is 9.14. The Balaban J connectivity index is 1.79. The molecule has 1 aliphatic rings. The van der Waals surface area contributed by atoms with Crippen LogP contribution in [-0.2, 0) is 34.1 Å². The first-order chi connectivity index (χ1) is 13.4. The van der Waals surface area contributed by atoms with Crippen LogP contribution in [0, 0.1) is 0 Å². The molecule has 0 bridgehead atoms. The molecule has 7 nitrogen and oxygen atoms in total. The van der Waals surface area contributed by atoms with Crippen LogP contribution in [0.1, 0.15) is 31.0 Å². The summed E-state index contributed by atoms with van der Waals surface area (Å²) in [6.45, 7) is 4.43. The second kappa shape index (κ2) is 8.87. The summed E-state index contributed by atoms with van der Waals surface area (Å²) in [4.78, 5) is 18.4. The Morgan fingerprint density at radius 1 is 1.25 bits per heavy atom. The summed E-state index contributed by atoms with van der Waals surface area (Å²) in [6, 6.07) is 9.95. The molecular weight excluding hydrogens is 376 g/mol. The van der Waals surface area contributed by atoms with Gasteiger partial charge in [-0.15, -0.1) is 0 Å². The van der Waals surface area contributed by atoms with Crippen molar-refractivity contribution in [3.05, 3.63) is 47.8 Å². The number of piperazine rings is 1. The Labute approximate surface area is 166 Å². The summed E-state index contributed by atoms with van der Waals surface area (Å²) in [6.07, 6.45) is 5.22. The van der Waals surface area contributed by atoms with E-state index >= 15 is 0 Å². The van der Waals surface area contributed by atoms with Gasteiger partial charge >= 0.3 is 0 Å². The predicted octanol–water partition coefficient (Wildman–Crippen LogP) is 1.63. The van der Waals surface area contributed by atoms with Crippen molar-refractivity contribution in [2.24, 2.45) is 0 Å². The molecule has 0 saturated carbocycles. The van der Waals surface area contributed by atoms with Gasteiger partial charge in [-0.2, -0.15) is 0 Å². The van der Waals surface area contributed by atoms with Crippen LogP contribution >= 0.6 is 0 Å². The summed E-state index contributed by atoms with van der Waals surface area (Å²) in [7, 11) is -3.42. The number of sulfone groups is 1. The molecule has 152 valence electrons. The first-order valence-corrected chi connectivity index (χ1v) is 11.6. The van der Waals surface area contributed by atoms with Crippen molar-refractivity contribution < 1.29 is 13.2 Å². The molecule has 1 aliphatic heterocycles. The minimum absolute atomic E-state index is 0.0345. The molecule has 3 rings (SSSR count). The van der Waals surface area contributed by atoms with Crippen molar-refractivity contribution in [2.75, 3.05) is 19.3 Å². The fraction of sp³-hybridized carbons (Fsp3) is 0.500. The second-order valence-electron chi connectivity index (χ2n) is 7.23. The molecule has 1 saturated heterocycles. The molecule has 1 fully saturated rings. The summed E-state index contributed by atoms with van der Waals surface area (Å²) in [5.41, 5.74) is 2.06. The Morgan fingerprint density at radius 3 is 2.68 bits per heavy atom. The molecule has 28 heavy (non-hydrogen) atoms. The number of aromatic nitrogens is 2. The van der Waals surface area contributed by atoms with E-state index in [1.165, 1.54) is 11.8 Å². The first-order valence-electron chi connectivity index (χ1n) is 9.70. The minimum Gasteiger partial charge on any atom is -0.353 e. The lowest BCUT2D eigenvalue weighted by Crippen LogP contribution is -2.54. The zero-order valence-electron chi connectivity index (χ0n) is 16.5. The Kier molecular flexibility index (Phi) is 6.51. The SMILES string of the molecule is CCC1C(=O)NCCN1Cc1cnc(S(C)(=O)=O)n1CCCc1ccccc1. The minimum atomic E-state index is -3.42.